The number of nitrogens with two attached hydrogens (primary N) is 2. The van der Waals surface area contributed by atoms with E-state index in [2.05, 4.69) is 25.9 Å². The molecule has 1 amide bonds. The Morgan fingerprint density at radius 3 is 2.51 bits per heavy atom. The molecule has 3 aromatic rings. The van der Waals surface area contributed by atoms with Crippen molar-refractivity contribution < 1.29 is 40.8 Å². The average Bonchev–Trinajstić information content (AvgIpc) is 3.37. The predicted octanol–water partition coefficient (Wildman–Crippen LogP) is 2.06. The molecule has 196 valence electrons. The van der Waals surface area contributed by atoms with E-state index in [0.717, 1.165) is 12.1 Å². The average molecular weight is 529 g/mol. The summed E-state index contributed by atoms with van der Waals surface area (Å²) in [5.41, 5.74) is 6.28. The highest BCUT2D eigenvalue weighted by Crippen LogP contribution is 2.30. The van der Waals surface area contributed by atoms with Gasteiger partial charge in [-0.15, -0.1) is 0 Å². The van der Waals surface area contributed by atoms with Gasteiger partial charge >= 0.3 is 6.18 Å². The Balaban J connectivity index is 1.92. The van der Waals surface area contributed by atoms with Crippen LogP contribution in [0.3, 0.4) is 0 Å². The number of carbonyl (C=O) groups is 1. The van der Waals surface area contributed by atoms with Crippen LogP contribution in [0.4, 0.5) is 32.2 Å². The summed E-state index contributed by atoms with van der Waals surface area (Å²) in [5, 5.41) is 15.2. The van der Waals surface area contributed by atoms with E-state index in [4.69, 9.17) is 10.3 Å². The molecule has 2 heterocycles. The number of allylic oxidation sites excluding steroid dienone is 1. The number of carbonyl (C=O) groups excluding carboxylic acids is 1. The lowest BCUT2D eigenvalue weighted by Gasteiger charge is -2.27. The predicted molar refractivity (Wildman–Crippen MR) is 116 cm³/mol. The van der Waals surface area contributed by atoms with Crippen LogP contribution in [0.15, 0.2) is 52.3 Å². The first kappa shape index (κ1) is 27.1. The van der Waals surface area contributed by atoms with Gasteiger partial charge in [-0.25, -0.2) is 23.1 Å². The molecule has 0 radical (unpaired) electrons. The van der Waals surface area contributed by atoms with E-state index in [1.165, 1.54) is 24.5 Å². The van der Waals surface area contributed by atoms with Crippen molar-refractivity contribution in [3.63, 3.8) is 0 Å². The highest BCUT2D eigenvalue weighted by atomic mass is 19.4. The van der Waals surface area contributed by atoms with Crippen molar-refractivity contribution in [3.8, 4) is 0 Å². The maximum atomic E-state index is 14.1. The van der Waals surface area contributed by atoms with Crippen LogP contribution < -0.4 is 16.8 Å². The first-order chi connectivity index (χ1) is 17.3. The molecule has 6 N–H and O–H groups in total. The topological polar surface area (TPSA) is 166 Å². The number of nitrogens with zero attached hydrogens (tertiary/aromatic N) is 4. The molecule has 10 nitrogen and oxygen atoms in total. The van der Waals surface area contributed by atoms with Crippen LogP contribution in [0.2, 0.25) is 0 Å². The van der Waals surface area contributed by atoms with Gasteiger partial charge in [0.25, 0.3) is 11.5 Å². The number of nitrogens with one attached hydrogen (secondary N) is 1. The van der Waals surface area contributed by atoms with Crippen LogP contribution >= 0.6 is 0 Å². The molecule has 0 aliphatic rings. The third kappa shape index (κ3) is 6.03. The molecule has 3 rings (SSSR count). The second kappa shape index (κ2) is 10.7. The van der Waals surface area contributed by atoms with Gasteiger partial charge in [-0.3, -0.25) is 9.79 Å². The molecule has 16 heteroatoms. The van der Waals surface area contributed by atoms with Crippen LogP contribution in [0.1, 0.15) is 17.1 Å². The normalized spacial score (nSPS) is 14.4. The molecule has 0 fully saturated rings. The number of aromatic nitrogens is 3. The summed E-state index contributed by atoms with van der Waals surface area (Å²) in [5.74, 6) is -6.81. The summed E-state index contributed by atoms with van der Waals surface area (Å²) >= 11 is 0. The van der Waals surface area contributed by atoms with Gasteiger partial charge in [0.2, 0.25) is 0 Å². The Morgan fingerprint density at radius 1 is 1.16 bits per heavy atom. The zero-order chi connectivity index (χ0) is 27.4. The lowest BCUT2D eigenvalue weighted by atomic mass is 10.0. The van der Waals surface area contributed by atoms with Crippen molar-refractivity contribution >= 4 is 23.1 Å². The Kier molecular flexibility index (Phi) is 7.81. The largest absolute Gasteiger partial charge is 0.428 e. The van der Waals surface area contributed by atoms with E-state index in [1.807, 2.05) is 5.32 Å². The van der Waals surface area contributed by atoms with Crippen molar-refractivity contribution in [1.29, 1.82) is 0 Å². The minimum Gasteiger partial charge on any atom is -0.396 e. The molecule has 0 spiro atoms. The molecule has 1 unspecified atom stereocenters. The lowest BCUT2D eigenvalue weighted by Crippen LogP contribution is -2.59. The number of hydrogen-bond donors (Lipinski definition) is 4. The molecule has 0 aliphatic carbocycles. The molecule has 0 saturated carbocycles. The summed E-state index contributed by atoms with van der Waals surface area (Å²) in [6.45, 7) is -1.91. The van der Waals surface area contributed by atoms with Crippen LogP contribution in [0.25, 0.3) is 5.70 Å². The second-order valence-electron chi connectivity index (χ2n) is 7.36. The molecule has 0 bridgehead atoms. The number of alkyl halides is 3. The van der Waals surface area contributed by atoms with E-state index < -0.39 is 53.3 Å². The van der Waals surface area contributed by atoms with Crippen LogP contribution in [-0.2, 0) is 11.3 Å². The Hall–Kier alpha value is -4.47. The molecule has 1 aromatic carbocycles. The highest BCUT2D eigenvalue weighted by molar-refractivity contribution is 6.10. The number of hydrogen-bond acceptors (Lipinski definition) is 9. The number of aliphatic hydroxyl groups is 1. The lowest BCUT2D eigenvalue weighted by molar-refractivity contribution is -0.245. The number of anilines is 1. The van der Waals surface area contributed by atoms with Gasteiger partial charge < -0.3 is 26.4 Å². The van der Waals surface area contributed by atoms with Gasteiger partial charge in [-0.1, -0.05) is 17.3 Å². The first-order valence-corrected chi connectivity index (χ1v) is 10.0. The highest BCUT2D eigenvalue weighted by Gasteiger charge is 2.58. The number of rotatable bonds is 9. The molecule has 2 aromatic heterocycles. The van der Waals surface area contributed by atoms with Crippen molar-refractivity contribution in [1.82, 2.24) is 15.1 Å². The third-order valence-electron chi connectivity index (χ3n) is 4.83. The monoisotopic (exact) mass is 529 g/mol. The van der Waals surface area contributed by atoms with Crippen molar-refractivity contribution in [2.75, 3.05) is 11.9 Å². The van der Waals surface area contributed by atoms with Gasteiger partial charge in [0, 0.05) is 11.6 Å². The van der Waals surface area contributed by atoms with Gasteiger partial charge in [0.05, 0.1) is 30.7 Å². The number of aliphatic imine (C=N–C) groups is 1. The quantitative estimate of drug-likeness (QED) is 0.242. The van der Waals surface area contributed by atoms with E-state index in [0.29, 0.717) is 6.20 Å². The Bertz CT molecular complexity index is 1340. The Labute approximate surface area is 203 Å². The number of halogens is 6. The van der Waals surface area contributed by atoms with Gasteiger partial charge in [0.15, 0.2) is 29.1 Å². The van der Waals surface area contributed by atoms with Gasteiger partial charge in [0.1, 0.15) is 12.0 Å². The van der Waals surface area contributed by atoms with Crippen LogP contribution in [-0.4, -0.2) is 50.2 Å². The van der Waals surface area contributed by atoms with Gasteiger partial charge in [-0.05, 0) is 12.1 Å². The fraction of sp³-hybridized carbons (Fsp3) is 0.190. The van der Waals surface area contributed by atoms with E-state index in [-0.39, 0.29) is 29.2 Å². The molecule has 1 atom stereocenters. The number of primary amides is 1. The summed E-state index contributed by atoms with van der Waals surface area (Å²) in [6, 6.07) is 4.87. The standard InChI is InChI=1S/C21H17F6N7O3/c22-11-3-1-2-10(16(11)24)7-30-15(14-4-5-37-34-14)6-13(28)18-31-8-12(23)17(33-18)32-9-20(36,19(29)35)21(25,26)27/h1-6,8,36H,7,9,28H2,(H2,29,35)(H,31,32,33). The van der Waals surface area contributed by atoms with Gasteiger partial charge in [-0.2, -0.15) is 13.2 Å². The van der Waals surface area contributed by atoms with E-state index in [9.17, 15) is 36.2 Å². The molecule has 37 heavy (non-hydrogen) atoms. The minimum absolute atomic E-state index is 0.0162. The summed E-state index contributed by atoms with van der Waals surface area (Å²) in [7, 11) is 0. The SMILES string of the molecule is NC(=O)C(O)(CNc1nc(C(N)=CC(=NCc2cccc(F)c2F)c2ccon2)ncc1F)C(F)(F)F. The zero-order valence-corrected chi connectivity index (χ0v) is 18.4. The van der Waals surface area contributed by atoms with Crippen molar-refractivity contribution in [2.45, 2.75) is 18.3 Å². The number of benzene rings is 1. The molecular weight excluding hydrogens is 512 g/mol. The summed E-state index contributed by atoms with van der Waals surface area (Å²) in [4.78, 5) is 22.6. The molecule has 0 aliphatic heterocycles. The number of amides is 1. The van der Waals surface area contributed by atoms with Crippen LogP contribution in [0, 0.1) is 17.5 Å². The maximum Gasteiger partial charge on any atom is 0.428 e. The fourth-order valence-electron chi connectivity index (χ4n) is 2.77. The first-order valence-electron chi connectivity index (χ1n) is 10.0. The molecule has 0 saturated heterocycles. The van der Waals surface area contributed by atoms with Crippen molar-refractivity contribution in [3.05, 3.63) is 77.3 Å². The summed E-state index contributed by atoms with van der Waals surface area (Å²) in [6.07, 6.45) is -2.59. The van der Waals surface area contributed by atoms with Crippen molar-refractivity contribution in [2.24, 2.45) is 16.5 Å². The van der Waals surface area contributed by atoms with E-state index in [1.54, 1.807) is 0 Å². The van der Waals surface area contributed by atoms with E-state index >= 15 is 0 Å². The minimum atomic E-state index is -5.47. The summed E-state index contributed by atoms with van der Waals surface area (Å²) < 4.78 is 85.6. The second-order valence-corrected chi connectivity index (χ2v) is 7.36. The zero-order valence-electron chi connectivity index (χ0n) is 18.4. The third-order valence-corrected chi connectivity index (χ3v) is 4.83. The fourth-order valence-corrected chi connectivity index (χ4v) is 2.77. The van der Waals surface area contributed by atoms with Crippen LogP contribution in [0.5, 0.6) is 0 Å². The Morgan fingerprint density at radius 2 is 1.89 bits per heavy atom. The smallest absolute Gasteiger partial charge is 0.396 e. The maximum absolute atomic E-state index is 14.1. The molecular formula is C21H17F6N7O3.